The van der Waals surface area contributed by atoms with Crippen LogP contribution in [0.4, 0.5) is 25.3 Å². The molecule has 0 bridgehead atoms. The van der Waals surface area contributed by atoms with E-state index < -0.39 is 38.8 Å². The van der Waals surface area contributed by atoms with Crippen LogP contribution in [0.25, 0.3) is 10.2 Å². The average Bonchev–Trinajstić information content (AvgIpc) is 3.21. The minimum atomic E-state index is -0.911. The van der Waals surface area contributed by atoms with Gasteiger partial charge in [-0.1, -0.05) is 41.7 Å². The summed E-state index contributed by atoms with van der Waals surface area (Å²) >= 11 is 0.843. The minimum absolute atomic E-state index is 0.00230. The van der Waals surface area contributed by atoms with E-state index in [2.05, 4.69) is 4.98 Å². The van der Waals surface area contributed by atoms with Gasteiger partial charge in [-0.2, -0.15) is 0 Å². The van der Waals surface area contributed by atoms with Crippen LogP contribution in [0, 0.1) is 31.9 Å². The number of fused-ring (bicyclic) bond motifs is 1. The van der Waals surface area contributed by atoms with Crippen molar-refractivity contribution in [1.29, 1.82) is 0 Å². The summed E-state index contributed by atoms with van der Waals surface area (Å²) in [6, 6.07) is 13.0. The second-order valence-corrected chi connectivity index (χ2v) is 7.87. The summed E-state index contributed by atoms with van der Waals surface area (Å²) in [5, 5.41) is 22.5. The number of amides is 1. The Morgan fingerprint density at radius 3 is 2.21 bits per heavy atom. The zero-order valence-electron chi connectivity index (χ0n) is 16.5. The molecule has 1 aromatic heterocycles. The Bertz CT molecular complexity index is 1380. The van der Waals surface area contributed by atoms with Crippen LogP contribution in [0.5, 0.6) is 0 Å². The monoisotopic (exact) mass is 470 g/mol. The highest BCUT2D eigenvalue weighted by Crippen LogP contribution is 2.33. The van der Waals surface area contributed by atoms with Gasteiger partial charge in [0.15, 0.2) is 10.9 Å². The van der Waals surface area contributed by atoms with Crippen LogP contribution in [0.15, 0.2) is 60.7 Å². The van der Waals surface area contributed by atoms with Crippen LogP contribution < -0.4 is 4.90 Å². The summed E-state index contributed by atoms with van der Waals surface area (Å²) in [6.45, 7) is -0.0694. The molecule has 0 radical (unpaired) electrons. The zero-order chi connectivity index (χ0) is 23.7. The highest BCUT2D eigenvalue weighted by Gasteiger charge is 2.27. The van der Waals surface area contributed by atoms with Crippen molar-refractivity contribution in [1.82, 2.24) is 4.98 Å². The fourth-order valence-electron chi connectivity index (χ4n) is 3.14. The number of thiazole rings is 1. The van der Waals surface area contributed by atoms with Gasteiger partial charge >= 0.3 is 0 Å². The molecule has 1 heterocycles. The fraction of sp³-hybridized carbons (Fsp3) is 0.0476. The number of nitro benzene ring substituents is 2. The van der Waals surface area contributed by atoms with E-state index in [9.17, 15) is 33.8 Å². The van der Waals surface area contributed by atoms with Crippen LogP contribution in [0.3, 0.4) is 0 Å². The molecule has 0 aliphatic carbocycles. The Hall–Kier alpha value is -4.32. The largest absolute Gasteiger partial charge is 0.279 e. The molecule has 0 atom stereocenters. The highest BCUT2D eigenvalue weighted by molar-refractivity contribution is 7.22. The topological polar surface area (TPSA) is 119 Å². The molecule has 0 saturated carbocycles. The SMILES string of the molecule is O=C(c1cc([N+](=O)[O-])cc([N+](=O)[O-])c1)N(Cc1ccccc1)c1nc2c(F)cc(F)cc2s1. The summed E-state index contributed by atoms with van der Waals surface area (Å²) in [4.78, 5) is 39.4. The van der Waals surface area contributed by atoms with Crippen LogP contribution in [-0.2, 0) is 6.54 Å². The highest BCUT2D eigenvalue weighted by atomic mass is 32.1. The third kappa shape index (κ3) is 4.50. The zero-order valence-corrected chi connectivity index (χ0v) is 17.3. The van der Waals surface area contributed by atoms with Crippen molar-refractivity contribution >= 4 is 44.0 Å². The third-order valence-corrected chi connectivity index (χ3v) is 5.66. The molecular weight excluding hydrogens is 458 g/mol. The number of benzene rings is 3. The number of anilines is 1. The lowest BCUT2D eigenvalue weighted by molar-refractivity contribution is -0.394. The number of non-ortho nitro benzene ring substituents is 2. The lowest BCUT2D eigenvalue weighted by Gasteiger charge is -2.20. The first-order valence-electron chi connectivity index (χ1n) is 9.28. The maximum absolute atomic E-state index is 14.2. The van der Waals surface area contributed by atoms with Crippen LogP contribution >= 0.6 is 11.3 Å². The van der Waals surface area contributed by atoms with E-state index in [-0.39, 0.29) is 27.5 Å². The van der Waals surface area contributed by atoms with E-state index in [1.807, 2.05) is 0 Å². The molecule has 0 spiro atoms. The molecule has 0 fully saturated rings. The Morgan fingerprint density at radius 2 is 1.61 bits per heavy atom. The first-order chi connectivity index (χ1) is 15.7. The maximum Gasteiger partial charge on any atom is 0.277 e. The molecule has 0 unspecified atom stereocenters. The fourth-order valence-corrected chi connectivity index (χ4v) is 4.14. The number of hydrogen-bond donors (Lipinski definition) is 0. The van der Waals surface area contributed by atoms with Gasteiger partial charge in [0, 0.05) is 18.2 Å². The van der Waals surface area contributed by atoms with Crippen molar-refractivity contribution in [2.45, 2.75) is 6.54 Å². The number of nitro groups is 2. The molecule has 166 valence electrons. The van der Waals surface area contributed by atoms with Gasteiger partial charge in [0.1, 0.15) is 11.3 Å². The molecule has 4 rings (SSSR count). The first kappa shape index (κ1) is 21.9. The summed E-state index contributed by atoms with van der Waals surface area (Å²) in [5.74, 6) is -2.55. The second-order valence-electron chi connectivity index (χ2n) is 6.86. The normalized spacial score (nSPS) is 10.8. The van der Waals surface area contributed by atoms with Gasteiger partial charge in [-0.15, -0.1) is 0 Å². The Labute approximate surface area is 187 Å². The minimum Gasteiger partial charge on any atom is -0.279 e. The van der Waals surface area contributed by atoms with Crippen molar-refractivity contribution in [3.8, 4) is 0 Å². The Balaban J connectivity index is 1.85. The van der Waals surface area contributed by atoms with Crippen molar-refractivity contribution in [3.63, 3.8) is 0 Å². The van der Waals surface area contributed by atoms with E-state index >= 15 is 0 Å². The molecule has 0 saturated heterocycles. The van der Waals surface area contributed by atoms with Gasteiger partial charge < -0.3 is 0 Å². The average molecular weight is 470 g/mol. The van der Waals surface area contributed by atoms with Gasteiger partial charge in [-0.25, -0.2) is 13.8 Å². The van der Waals surface area contributed by atoms with E-state index in [1.54, 1.807) is 30.3 Å². The van der Waals surface area contributed by atoms with Crippen LogP contribution in [0.2, 0.25) is 0 Å². The molecule has 0 aliphatic heterocycles. The molecular formula is C21H12F2N4O5S. The van der Waals surface area contributed by atoms with Crippen molar-refractivity contribution in [2.75, 3.05) is 4.90 Å². The van der Waals surface area contributed by atoms with Gasteiger partial charge in [0.25, 0.3) is 17.3 Å². The second kappa shape index (κ2) is 8.67. The summed E-state index contributed by atoms with van der Waals surface area (Å²) in [6.07, 6.45) is 0. The number of carbonyl (C=O) groups excluding carboxylic acids is 1. The van der Waals surface area contributed by atoms with Gasteiger partial charge in [0.2, 0.25) is 0 Å². The quantitative estimate of drug-likeness (QED) is 0.281. The molecule has 4 aromatic rings. The van der Waals surface area contributed by atoms with Crippen LogP contribution in [-0.4, -0.2) is 20.7 Å². The van der Waals surface area contributed by atoms with Gasteiger partial charge in [0.05, 0.1) is 32.7 Å². The standard InChI is InChI=1S/C21H12F2N4O5S/c22-14-8-17(23)19-18(9-14)33-21(24-19)25(11-12-4-2-1-3-5-12)20(28)13-6-15(26(29)30)10-16(7-13)27(31)32/h1-10H,11H2. The molecule has 1 amide bonds. The number of rotatable bonds is 6. The van der Waals surface area contributed by atoms with E-state index in [0.717, 1.165) is 40.5 Å². The summed E-state index contributed by atoms with van der Waals surface area (Å²) < 4.78 is 28.0. The predicted octanol–water partition coefficient (Wildman–Crippen LogP) is 5.24. The van der Waals surface area contributed by atoms with Crippen molar-refractivity contribution < 1.29 is 23.4 Å². The number of hydrogen-bond acceptors (Lipinski definition) is 7. The smallest absolute Gasteiger partial charge is 0.277 e. The van der Waals surface area contributed by atoms with E-state index in [0.29, 0.717) is 11.6 Å². The van der Waals surface area contributed by atoms with Gasteiger partial charge in [-0.05, 0) is 11.6 Å². The number of halogens is 2. The van der Waals surface area contributed by atoms with Crippen molar-refractivity contribution in [2.24, 2.45) is 0 Å². The summed E-state index contributed by atoms with van der Waals surface area (Å²) in [5.41, 5.74) is -1.09. The third-order valence-electron chi connectivity index (χ3n) is 4.63. The van der Waals surface area contributed by atoms with Crippen molar-refractivity contribution in [3.05, 3.63) is 104 Å². The lowest BCUT2D eigenvalue weighted by atomic mass is 10.1. The molecule has 33 heavy (non-hydrogen) atoms. The molecule has 9 nitrogen and oxygen atoms in total. The number of aromatic nitrogens is 1. The van der Waals surface area contributed by atoms with Crippen LogP contribution in [0.1, 0.15) is 15.9 Å². The predicted molar refractivity (Wildman–Crippen MR) is 116 cm³/mol. The maximum atomic E-state index is 14.2. The molecule has 0 aliphatic rings. The number of nitrogens with zero attached hydrogens (tertiary/aromatic N) is 4. The Kier molecular flexibility index (Phi) is 5.75. The molecule has 12 heteroatoms. The number of carbonyl (C=O) groups is 1. The summed E-state index contributed by atoms with van der Waals surface area (Å²) in [7, 11) is 0. The van der Waals surface area contributed by atoms with E-state index in [4.69, 9.17) is 0 Å². The lowest BCUT2D eigenvalue weighted by Crippen LogP contribution is -2.30. The molecule has 3 aromatic carbocycles. The first-order valence-corrected chi connectivity index (χ1v) is 10.1. The molecule has 0 N–H and O–H groups in total. The van der Waals surface area contributed by atoms with E-state index in [1.165, 1.54) is 0 Å². The Morgan fingerprint density at radius 1 is 0.970 bits per heavy atom. The van der Waals surface area contributed by atoms with Gasteiger partial charge in [-0.3, -0.25) is 29.9 Å².